The zero-order valence-electron chi connectivity index (χ0n) is 33.1. The first-order valence-electron chi connectivity index (χ1n) is 20.4. The molecule has 0 saturated heterocycles. The average Bonchev–Trinajstić information content (AvgIpc) is 3.30. The molecule has 2 aliphatic heterocycles. The fraction of sp³-hybridized carbons (Fsp3) is 0.0526. The molecule has 0 fully saturated rings. The summed E-state index contributed by atoms with van der Waals surface area (Å²) in [5, 5.41) is 0. The van der Waals surface area contributed by atoms with E-state index >= 15 is 0 Å². The van der Waals surface area contributed by atoms with Gasteiger partial charge in [-0.05, 0) is 141 Å². The normalized spacial score (nSPS) is 13.2. The Balaban J connectivity index is 1.33. The second kappa shape index (κ2) is 13.9. The van der Waals surface area contributed by atoms with Gasteiger partial charge in [-0.15, -0.1) is 0 Å². The number of benzene rings is 9. The van der Waals surface area contributed by atoms with Crippen LogP contribution in [0.4, 0.5) is 17.1 Å². The van der Waals surface area contributed by atoms with Crippen LogP contribution in [0.3, 0.4) is 0 Å². The number of anilines is 3. The third kappa shape index (κ3) is 5.56. The molecule has 0 aromatic heterocycles. The Bertz CT molecular complexity index is 2850. The molecule has 11 rings (SSSR count). The van der Waals surface area contributed by atoms with Crippen LogP contribution < -0.4 is 9.64 Å². The molecule has 2 heterocycles. The van der Waals surface area contributed by atoms with E-state index in [-0.39, 0.29) is 0 Å². The van der Waals surface area contributed by atoms with Gasteiger partial charge in [0.2, 0.25) is 0 Å². The van der Waals surface area contributed by atoms with Gasteiger partial charge in [-0.3, -0.25) is 0 Å². The van der Waals surface area contributed by atoms with Gasteiger partial charge in [-0.2, -0.15) is 0 Å². The van der Waals surface area contributed by atoms with Gasteiger partial charge in [0, 0.05) is 16.8 Å². The van der Waals surface area contributed by atoms with Crippen LogP contribution in [0.15, 0.2) is 212 Å². The van der Waals surface area contributed by atoms with Crippen LogP contribution in [0, 0.1) is 13.8 Å². The van der Waals surface area contributed by atoms with Crippen molar-refractivity contribution in [3.63, 3.8) is 0 Å². The van der Waals surface area contributed by atoms with E-state index in [0.717, 1.165) is 50.8 Å². The van der Waals surface area contributed by atoms with Crippen molar-refractivity contribution in [2.24, 2.45) is 0 Å². The van der Waals surface area contributed by atoms with Gasteiger partial charge in [0.15, 0.2) is 0 Å². The van der Waals surface area contributed by atoms with Crippen LogP contribution >= 0.6 is 0 Å². The molecule has 59 heavy (non-hydrogen) atoms. The quantitative estimate of drug-likeness (QED) is 0.173. The Kier molecular flexibility index (Phi) is 8.20. The molecule has 0 bridgehead atoms. The van der Waals surface area contributed by atoms with Crippen LogP contribution in [0.2, 0.25) is 0 Å². The smallest absolute Gasteiger partial charge is 0.132 e. The maximum absolute atomic E-state index is 7.08. The highest BCUT2D eigenvalue weighted by Gasteiger charge is 2.52. The first kappa shape index (κ1) is 34.8. The van der Waals surface area contributed by atoms with Crippen molar-refractivity contribution >= 4 is 17.1 Å². The van der Waals surface area contributed by atoms with E-state index in [1.165, 1.54) is 55.6 Å². The first-order valence-corrected chi connectivity index (χ1v) is 20.4. The lowest BCUT2D eigenvalue weighted by atomic mass is 9.60. The largest absolute Gasteiger partial charge is 0.457 e. The summed E-state index contributed by atoms with van der Waals surface area (Å²) >= 11 is 0. The second-order valence-corrected chi connectivity index (χ2v) is 15.8. The molecule has 1 spiro atoms. The summed E-state index contributed by atoms with van der Waals surface area (Å²) in [4.78, 5) is 2.47. The van der Waals surface area contributed by atoms with E-state index in [1.54, 1.807) is 0 Å². The van der Waals surface area contributed by atoms with Crippen molar-refractivity contribution in [2.45, 2.75) is 19.3 Å². The van der Waals surface area contributed by atoms with Crippen LogP contribution in [0.1, 0.15) is 33.4 Å². The molecule has 9 aromatic rings. The van der Waals surface area contributed by atoms with Crippen LogP contribution in [0.25, 0.3) is 44.5 Å². The standard InChI is InChI=1S/C57H41NO/c1-38-16-12-14-24-47(38)44-26-30-53-49(36-44)57(50-37-45(48-25-15-13-17-39(48)2)27-31-54(50)58(53)46-22-10-5-11-23-46)51-34-42(40-18-6-3-7-19-40)28-32-55(51)59-56-33-29-43(35-52(56)57)41-20-8-4-9-21-41/h3-37H,1-2H3. The summed E-state index contributed by atoms with van der Waals surface area (Å²) in [5.41, 5.74) is 19.2. The highest BCUT2D eigenvalue weighted by molar-refractivity contribution is 5.94. The molecule has 2 nitrogen and oxygen atoms in total. The Morgan fingerprint density at radius 3 is 1.19 bits per heavy atom. The zero-order chi connectivity index (χ0) is 39.5. The molecule has 0 unspecified atom stereocenters. The van der Waals surface area contributed by atoms with Crippen molar-refractivity contribution in [3.8, 4) is 56.0 Å². The van der Waals surface area contributed by atoms with E-state index in [4.69, 9.17) is 4.74 Å². The van der Waals surface area contributed by atoms with E-state index in [1.807, 2.05) is 0 Å². The Morgan fingerprint density at radius 2 is 0.729 bits per heavy atom. The van der Waals surface area contributed by atoms with Crippen molar-refractivity contribution in [3.05, 3.63) is 246 Å². The lowest BCUT2D eigenvalue weighted by molar-refractivity contribution is 0.434. The highest BCUT2D eigenvalue weighted by Crippen LogP contribution is 2.64. The molecule has 0 aliphatic carbocycles. The second-order valence-electron chi connectivity index (χ2n) is 15.8. The summed E-state index contributed by atoms with van der Waals surface area (Å²) in [7, 11) is 0. The van der Waals surface area contributed by atoms with Gasteiger partial charge in [0.25, 0.3) is 0 Å². The Hall–Kier alpha value is -7.42. The summed E-state index contributed by atoms with van der Waals surface area (Å²) in [6.07, 6.45) is 0. The number of ether oxygens (including phenoxy) is 1. The summed E-state index contributed by atoms with van der Waals surface area (Å²) in [5.74, 6) is 1.72. The maximum Gasteiger partial charge on any atom is 0.132 e. The molecular weight excluding hydrogens is 715 g/mol. The van der Waals surface area contributed by atoms with Crippen LogP contribution in [-0.4, -0.2) is 0 Å². The van der Waals surface area contributed by atoms with Crippen molar-refractivity contribution in [2.75, 3.05) is 4.90 Å². The minimum absolute atomic E-state index is 0.800. The molecule has 280 valence electrons. The minimum Gasteiger partial charge on any atom is -0.457 e. The number of fused-ring (bicyclic) bond motifs is 8. The lowest BCUT2D eigenvalue weighted by Gasteiger charge is -2.49. The van der Waals surface area contributed by atoms with Crippen molar-refractivity contribution in [1.29, 1.82) is 0 Å². The lowest BCUT2D eigenvalue weighted by Crippen LogP contribution is -2.40. The fourth-order valence-corrected chi connectivity index (χ4v) is 9.61. The summed E-state index contributed by atoms with van der Waals surface area (Å²) in [6.45, 7) is 4.42. The van der Waals surface area contributed by atoms with E-state index in [0.29, 0.717) is 0 Å². The Labute approximate surface area is 346 Å². The third-order valence-corrected chi connectivity index (χ3v) is 12.4. The molecule has 2 aliphatic rings. The van der Waals surface area contributed by atoms with Crippen LogP contribution in [0.5, 0.6) is 11.5 Å². The van der Waals surface area contributed by atoms with E-state index in [2.05, 4.69) is 231 Å². The molecule has 2 heteroatoms. The summed E-state index contributed by atoms with van der Waals surface area (Å²) in [6, 6.07) is 77.6. The average molecular weight is 756 g/mol. The molecule has 0 saturated carbocycles. The monoisotopic (exact) mass is 755 g/mol. The fourth-order valence-electron chi connectivity index (χ4n) is 9.61. The van der Waals surface area contributed by atoms with Crippen LogP contribution in [-0.2, 0) is 5.41 Å². The predicted octanol–water partition coefficient (Wildman–Crippen LogP) is 15.2. The maximum atomic E-state index is 7.08. The highest BCUT2D eigenvalue weighted by atomic mass is 16.5. The Morgan fingerprint density at radius 1 is 0.339 bits per heavy atom. The van der Waals surface area contributed by atoms with Gasteiger partial charge >= 0.3 is 0 Å². The van der Waals surface area contributed by atoms with Gasteiger partial charge in [-0.25, -0.2) is 0 Å². The first-order chi connectivity index (χ1) is 29.1. The van der Waals surface area contributed by atoms with Gasteiger partial charge in [-0.1, -0.05) is 152 Å². The predicted molar refractivity (Wildman–Crippen MR) is 244 cm³/mol. The SMILES string of the molecule is Cc1ccccc1-c1ccc2c(c1)C1(c3cc(-c4ccccc4)ccc3Oc3ccc(-c4ccccc4)cc31)c1cc(-c3ccccc3C)ccc1N2c1ccccc1. The number of rotatable bonds is 5. The van der Waals surface area contributed by atoms with Gasteiger partial charge < -0.3 is 9.64 Å². The third-order valence-electron chi connectivity index (χ3n) is 12.4. The zero-order valence-corrected chi connectivity index (χ0v) is 33.1. The van der Waals surface area contributed by atoms with Crippen molar-refractivity contribution in [1.82, 2.24) is 0 Å². The number of para-hydroxylation sites is 1. The minimum atomic E-state index is -0.800. The van der Waals surface area contributed by atoms with E-state index < -0.39 is 5.41 Å². The number of hydrogen-bond acceptors (Lipinski definition) is 2. The molecule has 0 N–H and O–H groups in total. The van der Waals surface area contributed by atoms with Crippen molar-refractivity contribution < 1.29 is 4.74 Å². The topological polar surface area (TPSA) is 12.5 Å². The molecular formula is C57H41NO. The van der Waals surface area contributed by atoms with E-state index in [9.17, 15) is 0 Å². The molecule has 0 radical (unpaired) electrons. The molecule has 0 amide bonds. The molecule has 9 aromatic carbocycles. The molecule has 0 atom stereocenters. The summed E-state index contributed by atoms with van der Waals surface area (Å²) < 4.78 is 7.08. The number of aryl methyl sites for hydroxylation is 2. The number of hydrogen-bond donors (Lipinski definition) is 0. The van der Waals surface area contributed by atoms with Gasteiger partial charge in [0.1, 0.15) is 11.5 Å². The van der Waals surface area contributed by atoms with Gasteiger partial charge in [0.05, 0.1) is 16.8 Å². The number of nitrogens with zero attached hydrogens (tertiary/aromatic N) is 1.